The highest BCUT2D eigenvalue weighted by atomic mass is 19.1. The predicted molar refractivity (Wildman–Crippen MR) is 82.4 cm³/mol. The number of amides is 1. The van der Waals surface area contributed by atoms with E-state index in [-0.39, 0.29) is 18.3 Å². The van der Waals surface area contributed by atoms with E-state index in [0.717, 1.165) is 12.1 Å². The number of benzene rings is 2. The van der Waals surface area contributed by atoms with Crippen molar-refractivity contribution in [1.82, 2.24) is 4.90 Å². The molecule has 0 heterocycles. The van der Waals surface area contributed by atoms with E-state index in [0.29, 0.717) is 12.2 Å². The van der Waals surface area contributed by atoms with Gasteiger partial charge in [-0.25, -0.2) is 4.39 Å². The Bertz CT molecular complexity index is 586. The van der Waals surface area contributed by atoms with Gasteiger partial charge in [0.05, 0.1) is 6.54 Å². The van der Waals surface area contributed by atoms with E-state index in [1.165, 1.54) is 12.1 Å². The molecule has 2 aromatic rings. The lowest BCUT2D eigenvalue weighted by Crippen LogP contribution is -2.32. The predicted octanol–water partition coefficient (Wildman–Crippen LogP) is 3.29. The minimum atomic E-state index is -0.357. The van der Waals surface area contributed by atoms with Crippen molar-refractivity contribution in [3.63, 3.8) is 0 Å². The molecular formula is C17H19FN2O. The zero-order valence-electron chi connectivity index (χ0n) is 12.1. The van der Waals surface area contributed by atoms with Crippen LogP contribution in [0.3, 0.4) is 0 Å². The standard InChI is InChI=1S/C17H19FN2O/c1-2-20(12-14-7-4-3-5-8-14)13-17(21)19-16-10-6-9-15(18)11-16/h3-11H,2,12-13H2,1H3,(H,19,21). The Morgan fingerprint density at radius 2 is 1.90 bits per heavy atom. The highest BCUT2D eigenvalue weighted by Crippen LogP contribution is 2.09. The number of carbonyl (C=O) groups excluding carboxylic acids is 1. The first-order chi connectivity index (χ1) is 10.2. The van der Waals surface area contributed by atoms with Gasteiger partial charge in [0.2, 0.25) is 5.91 Å². The second-order valence-electron chi connectivity index (χ2n) is 4.85. The molecule has 0 aliphatic rings. The normalized spacial score (nSPS) is 10.6. The number of carbonyl (C=O) groups is 1. The first-order valence-electron chi connectivity index (χ1n) is 6.99. The number of halogens is 1. The third kappa shape index (κ3) is 5.00. The van der Waals surface area contributed by atoms with Crippen molar-refractivity contribution in [3.05, 3.63) is 66.0 Å². The number of nitrogens with zero attached hydrogens (tertiary/aromatic N) is 1. The number of anilines is 1. The van der Waals surface area contributed by atoms with E-state index < -0.39 is 0 Å². The fraction of sp³-hybridized carbons (Fsp3) is 0.235. The SMILES string of the molecule is CCN(CC(=O)Nc1cccc(F)c1)Cc1ccccc1. The van der Waals surface area contributed by atoms with Crippen molar-refractivity contribution in [1.29, 1.82) is 0 Å². The fourth-order valence-corrected chi connectivity index (χ4v) is 2.09. The van der Waals surface area contributed by atoms with E-state index in [4.69, 9.17) is 0 Å². The molecule has 3 nitrogen and oxygen atoms in total. The fourth-order valence-electron chi connectivity index (χ4n) is 2.09. The number of hydrogen-bond acceptors (Lipinski definition) is 2. The Kier molecular flexibility index (Phi) is 5.46. The molecule has 0 radical (unpaired) electrons. The number of nitrogens with one attached hydrogen (secondary N) is 1. The van der Waals surface area contributed by atoms with Crippen molar-refractivity contribution in [3.8, 4) is 0 Å². The van der Waals surface area contributed by atoms with E-state index in [1.807, 2.05) is 42.2 Å². The first-order valence-corrected chi connectivity index (χ1v) is 6.99. The van der Waals surface area contributed by atoms with Gasteiger partial charge in [-0.15, -0.1) is 0 Å². The molecule has 0 saturated carbocycles. The van der Waals surface area contributed by atoms with E-state index in [9.17, 15) is 9.18 Å². The van der Waals surface area contributed by atoms with Gasteiger partial charge in [0.25, 0.3) is 0 Å². The van der Waals surface area contributed by atoms with Crippen LogP contribution in [0.5, 0.6) is 0 Å². The number of rotatable bonds is 6. The maximum atomic E-state index is 13.1. The summed E-state index contributed by atoms with van der Waals surface area (Å²) in [5, 5.41) is 2.71. The largest absolute Gasteiger partial charge is 0.325 e. The lowest BCUT2D eigenvalue weighted by atomic mass is 10.2. The first kappa shape index (κ1) is 15.2. The monoisotopic (exact) mass is 286 g/mol. The van der Waals surface area contributed by atoms with Gasteiger partial charge >= 0.3 is 0 Å². The molecule has 0 aliphatic heterocycles. The van der Waals surface area contributed by atoms with E-state index >= 15 is 0 Å². The Hall–Kier alpha value is -2.20. The summed E-state index contributed by atoms with van der Waals surface area (Å²) in [6.07, 6.45) is 0. The van der Waals surface area contributed by atoms with Crippen LogP contribution in [-0.2, 0) is 11.3 Å². The summed E-state index contributed by atoms with van der Waals surface area (Å²) < 4.78 is 13.1. The zero-order valence-corrected chi connectivity index (χ0v) is 12.1. The molecule has 0 aromatic heterocycles. The summed E-state index contributed by atoms with van der Waals surface area (Å²) in [4.78, 5) is 14.0. The van der Waals surface area contributed by atoms with E-state index in [1.54, 1.807) is 12.1 Å². The molecule has 2 aromatic carbocycles. The van der Waals surface area contributed by atoms with Crippen LogP contribution in [-0.4, -0.2) is 23.9 Å². The van der Waals surface area contributed by atoms with Gasteiger partial charge in [0.1, 0.15) is 5.82 Å². The maximum absolute atomic E-state index is 13.1. The minimum absolute atomic E-state index is 0.140. The third-order valence-corrected chi connectivity index (χ3v) is 3.17. The van der Waals surface area contributed by atoms with Crippen LogP contribution in [0.1, 0.15) is 12.5 Å². The summed E-state index contributed by atoms with van der Waals surface area (Å²) in [5.41, 5.74) is 1.65. The van der Waals surface area contributed by atoms with Crippen LogP contribution >= 0.6 is 0 Å². The lowest BCUT2D eigenvalue weighted by Gasteiger charge is -2.20. The molecule has 110 valence electrons. The molecule has 0 spiro atoms. The highest BCUT2D eigenvalue weighted by molar-refractivity contribution is 5.92. The summed E-state index contributed by atoms with van der Waals surface area (Å²) in [6, 6.07) is 15.9. The molecule has 0 aliphatic carbocycles. The molecule has 0 bridgehead atoms. The summed E-state index contributed by atoms with van der Waals surface area (Å²) in [7, 11) is 0. The smallest absolute Gasteiger partial charge is 0.238 e. The third-order valence-electron chi connectivity index (χ3n) is 3.17. The van der Waals surface area contributed by atoms with Crippen LogP contribution < -0.4 is 5.32 Å². The Balaban J connectivity index is 1.90. The molecule has 1 N–H and O–H groups in total. The molecule has 0 fully saturated rings. The summed E-state index contributed by atoms with van der Waals surface area (Å²) >= 11 is 0. The van der Waals surface area contributed by atoms with Gasteiger partial charge in [-0.2, -0.15) is 0 Å². The Labute approximate surface area is 124 Å². The molecule has 0 atom stereocenters. The van der Waals surface area contributed by atoms with Gasteiger partial charge in [-0.1, -0.05) is 43.3 Å². The molecule has 1 amide bonds. The van der Waals surface area contributed by atoms with Crippen molar-refractivity contribution in [2.45, 2.75) is 13.5 Å². The molecule has 21 heavy (non-hydrogen) atoms. The van der Waals surface area contributed by atoms with Crippen LogP contribution in [0.25, 0.3) is 0 Å². The van der Waals surface area contributed by atoms with Crippen LogP contribution in [0.2, 0.25) is 0 Å². The summed E-state index contributed by atoms with van der Waals surface area (Å²) in [6.45, 7) is 3.78. The second-order valence-corrected chi connectivity index (χ2v) is 4.85. The van der Waals surface area contributed by atoms with Crippen LogP contribution in [0.4, 0.5) is 10.1 Å². The lowest BCUT2D eigenvalue weighted by molar-refractivity contribution is -0.117. The average Bonchev–Trinajstić information content (AvgIpc) is 2.47. The van der Waals surface area contributed by atoms with Crippen molar-refractivity contribution >= 4 is 11.6 Å². The minimum Gasteiger partial charge on any atom is -0.325 e. The number of likely N-dealkylation sites (N-methyl/N-ethyl adjacent to an activating group) is 1. The van der Waals surface area contributed by atoms with E-state index in [2.05, 4.69) is 5.32 Å². The van der Waals surface area contributed by atoms with Crippen LogP contribution in [0, 0.1) is 5.82 Å². The van der Waals surface area contributed by atoms with Gasteiger partial charge < -0.3 is 5.32 Å². The molecule has 4 heteroatoms. The van der Waals surface area contributed by atoms with Crippen LogP contribution in [0.15, 0.2) is 54.6 Å². The number of hydrogen-bond donors (Lipinski definition) is 1. The van der Waals surface area contributed by atoms with Crippen molar-refractivity contribution in [2.24, 2.45) is 0 Å². The maximum Gasteiger partial charge on any atom is 0.238 e. The quantitative estimate of drug-likeness (QED) is 0.883. The molecule has 0 unspecified atom stereocenters. The topological polar surface area (TPSA) is 32.3 Å². The molecule has 0 saturated heterocycles. The van der Waals surface area contributed by atoms with Gasteiger partial charge in [-0.05, 0) is 30.3 Å². The van der Waals surface area contributed by atoms with Crippen molar-refractivity contribution < 1.29 is 9.18 Å². The Morgan fingerprint density at radius 1 is 1.14 bits per heavy atom. The van der Waals surface area contributed by atoms with Gasteiger partial charge in [0.15, 0.2) is 0 Å². The Morgan fingerprint density at radius 3 is 2.57 bits per heavy atom. The van der Waals surface area contributed by atoms with Crippen molar-refractivity contribution in [2.75, 3.05) is 18.4 Å². The molecule has 2 rings (SSSR count). The van der Waals surface area contributed by atoms with Gasteiger partial charge in [-0.3, -0.25) is 9.69 Å². The highest BCUT2D eigenvalue weighted by Gasteiger charge is 2.10. The average molecular weight is 286 g/mol. The van der Waals surface area contributed by atoms with Gasteiger partial charge in [0, 0.05) is 12.2 Å². The molecular weight excluding hydrogens is 267 g/mol. The summed E-state index contributed by atoms with van der Waals surface area (Å²) in [5.74, 6) is -0.497. The zero-order chi connectivity index (χ0) is 15.1. The second kappa shape index (κ2) is 7.55.